The molecule has 1 amide bonds. The Balaban J connectivity index is 1.33. The molecule has 3 aromatic rings. The minimum absolute atomic E-state index is 0.140. The van der Waals surface area contributed by atoms with E-state index in [1.165, 1.54) is 21.4 Å². The highest BCUT2D eigenvalue weighted by Crippen LogP contribution is 2.46. The van der Waals surface area contributed by atoms with Crippen LogP contribution in [0.3, 0.4) is 0 Å². The molecule has 10 heteroatoms. The van der Waals surface area contributed by atoms with Crippen LogP contribution in [0.2, 0.25) is 0 Å². The van der Waals surface area contributed by atoms with Gasteiger partial charge in [0.15, 0.2) is 0 Å². The molecule has 2 fully saturated rings. The predicted octanol–water partition coefficient (Wildman–Crippen LogP) is 4.00. The summed E-state index contributed by atoms with van der Waals surface area (Å²) < 4.78 is 6.33. The van der Waals surface area contributed by atoms with Crippen molar-refractivity contribution in [2.75, 3.05) is 63.2 Å². The first-order valence-electron chi connectivity index (χ1n) is 14.4. The van der Waals surface area contributed by atoms with Gasteiger partial charge >= 0.3 is 12.1 Å². The summed E-state index contributed by atoms with van der Waals surface area (Å²) in [7, 11) is 4.17. The second kappa shape index (κ2) is 11.1. The van der Waals surface area contributed by atoms with E-state index in [4.69, 9.17) is 14.7 Å². The molecule has 1 saturated heterocycles. The van der Waals surface area contributed by atoms with Crippen LogP contribution in [0.25, 0.3) is 10.8 Å². The number of nitrogens with zero attached hydrogens (tertiary/aromatic N) is 7. The third-order valence-corrected chi connectivity index (χ3v) is 8.60. The summed E-state index contributed by atoms with van der Waals surface area (Å²) >= 11 is 0. The Morgan fingerprint density at radius 2 is 1.93 bits per heavy atom. The second-order valence-corrected chi connectivity index (χ2v) is 11.9. The average Bonchev–Trinajstić information content (AvgIpc) is 3.73. The Morgan fingerprint density at radius 1 is 1.12 bits per heavy atom. The third-order valence-electron chi connectivity index (χ3n) is 8.60. The van der Waals surface area contributed by atoms with Crippen molar-refractivity contribution in [1.29, 1.82) is 5.26 Å². The number of carbonyl (C=O) groups is 1. The summed E-state index contributed by atoms with van der Waals surface area (Å²) in [6.07, 6.45) is 2.18. The number of hydrogen-bond donors (Lipinski definition) is 1. The lowest BCUT2D eigenvalue weighted by atomic mass is 10.0. The molecule has 1 atom stereocenters. The Bertz CT molecular complexity index is 1480. The monoisotopic (exact) mass is 555 g/mol. The van der Waals surface area contributed by atoms with Gasteiger partial charge in [-0.2, -0.15) is 15.2 Å². The smallest absolute Gasteiger partial charge is 0.407 e. The largest absolute Gasteiger partial charge is 0.465 e. The van der Waals surface area contributed by atoms with Crippen LogP contribution in [0, 0.1) is 16.7 Å². The molecule has 41 heavy (non-hydrogen) atoms. The number of hydrogen-bond acceptors (Lipinski definition) is 8. The average molecular weight is 556 g/mol. The zero-order valence-corrected chi connectivity index (χ0v) is 23.8. The van der Waals surface area contributed by atoms with Gasteiger partial charge in [-0.05, 0) is 44.8 Å². The number of fused-ring (bicyclic) bond motifs is 2. The normalized spacial score (nSPS) is 19.7. The van der Waals surface area contributed by atoms with Gasteiger partial charge in [0.1, 0.15) is 5.82 Å². The Labute approximate surface area is 240 Å². The fraction of sp³-hybridized carbons (Fsp3) is 0.484. The number of nitriles is 1. The quantitative estimate of drug-likeness (QED) is 0.441. The van der Waals surface area contributed by atoms with Gasteiger partial charge in [0.25, 0.3) is 0 Å². The number of carboxylic acid groups (broad SMARTS) is 1. The van der Waals surface area contributed by atoms with Gasteiger partial charge in [0, 0.05) is 54.8 Å². The summed E-state index contributed by atoms with van der Waals surface area (Å²) in [4.78, 5) is 29.8. The molecule has 6 rings (SSSR count). The number of anilines is 2. The molecule has 2 aliphatic heterocycles. The highest BCUT2D eigenvalue weighted by molar-refractivity contribution is 5.94. The molecule has 2 aromatic carbocycles. The molecule has 0 bridgehead atoms. The zero-order valence-electron chi connectivity index (χ0n) is 23.8. The number of rotatable bonds is 8. The second-order valence-electron chi connectivity index (χ2n) is 11.9. The van der Waals surface area contributed by atoms with Crippen LogP contribution < -0.4 is 14.5 Å². The van der Waals surface area contributed by atoms with Crippen molar-refractivity contribution in [2.24, 2.45) is 5.41 Å². The molecule has 0 radical (unpaired) electrons. The van der Waals surface area contributed by atoms with Crippen molar-refractivity contribution in [3.63, 3.8) is 0 Å². The molecule has 3 heterocycles. The van der Waals surface area contributed by atoms with Gasteiger partial charge in [-0.1, -0.05) is 36.4 Å². The fourth-order valence-corrected chi connectivity index (χ4v) is 6.40. The van der Waals surface area contributed by atoms with E-state index in [0.717, 1.165) is 49.4 Å². The minimum Gasteiger partial charge on any atom is -0.465 e. The molecular formula is C31H37N7O3. The van der Waals surface area contributed by atoms with E-state index < -0.39 is 12.1 Å². The SMILES string of the molecule is CN(C)CC1(COc2nc3c(c(N4CCN(C(=O)O)[C@@H](CC#N)C4)n2)CCN(c2cccc4ccccc24)C3)CC1. The number of benzene rings is 2. The molecule has 214 valence electrons. The van der Waals surface area contributed by atoms with Gasteiger partial charge in [-0.25, -0.2) is 4.79 Å². The van der Waals surface area contributed by atoms with E-state index in [1.807, 2.05) is 0 Å². The molecule has 3 aliphatic rings. The summed E-state index contributed by atoms with van der Waals surface area (Å²) in [6.45, 7) is 4.24. The van der Waals surface area contributed by atoms with Crippen LogP contribution in [0.1, 0.15) is 30.5 Å². The molecule has 1 aromatic heterocycles. The van der Waals surface area contributed by atoms with Crippen molar-refractivity contribution in [3.05, 3.63) is 53.7 Å². The van der Waals surface area contributed by atoms with Crippen LogP contribution in [0.5, 0.6) is 6.01 Å². The van der Waals surface area contributed by atoms with Crippen LogP contribution in [0.15, 0.2) is 42.5 Å². The van der Waals surface area contributed by atoms with Gasteiger partial charge in [0.05, 0.1) is 37.4 Å². The number of amides is 1. The Kier molecular flexibility index (Phi) is 7.30. The van der Waals surface area contributed by atoms with Crippen LogP contribution in [-0.4, -0.2) is 90.4 Å². The summed E-state index contributed by atoms with van der Waals surface area (Å²) in [6, 6.07) is 17.0. The van der Waals surface area contributed by atoms with Crippen molar-refractivity contribution in [3.8, 4) is 12.1 Å². The highest BCUT2D eigenvalue weighted by atomic mass is 16.5. The summed E-state index contributed by atoms with van der Waals surface area (Å²) in [5.74, 6) is 0.813. The minimum atomic E-state index is -0.986. The van der Waals surface area contributed by atoms with Gasteiger partial charge in [-0.15, -0.1) is 0 Å². The molecule has 1 aliphatic carbocycles. The van der Waals surface area contributed by atoms with Crippen molar-refractivity contribution in [1.82, 2.24) is 19.8 Å². The van der Waals surface area contributed by atoms with Crippen molar-refractivity contribution in [2.45, 2.75) is 38.3 Å². The predicted molar refractivity (Wildman–Crippen MR) is 157 cm³/mol. The lowest BCUT2D eigenvalue weighted by Gasteiger charge is -2.41. The maximum atomic E-state index is 11.8. The molecule has 1 N–H and O–H groups in total. The topological polar surface area (TPSA) is 109 Å². The van der Waals surface area contributed by atoms with Crippen LogP contribution in [0.4, 0.5) is 16.3 Å². The van der Waals surface area contributed by atoms with E-state index in [9.17, 15) is 15.2 Å². The van der Waals surface area contributed by atoms with E-state index in [0.29, 0.717) is 38.8 Å². The molecule has 0 unspecified atom stereocenters. The van der Waals surface area contributed by atoms with Crippen molar-refractivity contribution >= 4 is 28.4 Å². The van der Waals surface area contributed by atoms with Gasteiger partial charge < -0.3 is 29.4 Å². The van der Waals surface area contributed by atoms with E-state index in [-0.39, 0.29) is 11.8 Å². The maximum absolute atomic E-state index is 11.8. The number of piperazine rings is 1. The lowest BCUT2D eigenvalue weighted by molar-refractivity contribution is 0.119. The third kappa shape index (κ3) is 5.59. The zero-order chi connectivity index (χ0) is 28.6. The highest BCUT2D eigenvalue weighted by Gasteiger charge is 2.44. The van der Waals surface area contributed by atoms with Crippen molar-refractivity contribution < 1.29 is 14.6 Å². The van der Waals surface area contributed by atoms with Gasteiger partial charge in [0.2, 0.25) is 0 Å². The summed E-state index contributed by atoms with van der Waals surface area (Å²) in [5.41, 5.74) is 3.36. The first-order valence-corrected chi connectivity index (χ1v) is 14.4. The van der Waals surface area contributed by atoms with Crippen LogP contribution >= 0.6 is 0 Å². The molecule has 0 spiro atoms. The number of aromatic nitrogens is 2. The Hall–Kier alpha value is -4.10. The first-order chi connectivity index (χ1) is 19.9. The van der Waals surface area contributed by atoms with Gasteiger partial charge in [-0.3, -0.25) is 0 Å². The number of ether oxygens (including phenoxy) is 1. The van der Waals surface area contributed by atoms with E-state index in [1.54, 1.807) is 0 Å². The standard InChI is InChI=1S/C31H37N7O3/c1-35(2)20-31(12-13-31)21-41-29-33-26-19-36(27-9-5-7-22-6-3-4-8-24(22)27)15-11-25(26)28(34-29)37-16-17-38(30(39)40)23(18-37)10-14-32/h3-9,23H,10-13,15-21H2,1-2H3,(H,39,40)/t23-/m0/s1. The van der Waals surface area contributed by atoms with E-state index in [2.05, 4.69) is 77.3 Å². The fourth-order valence-electron chi connectivity index (χ4n) is 6.40. The maximum Gasteiger partial charge on any atom is 0.407 e. The Morgan fingerprint density at radius 3 is 2.68 bits per heavy atom. The summed E-state index contributed by atoms with van der Waals surface area (Å²) in [5, 5.41) is 21.5. The first kappa shape index (κ1) is 27.1. The molecular weight excluding hydrogens is 518 g/mol. The van der Waals surface area contributed by atoms with E-state index >= 15 is 0 Å². The molecule has 1 saturated carbocycles. The van der Waals surface area contributed by atoms with Crippen LogP contribution in [-0.2, 0) is 13.0 Å². The lowest BCUT2D eigenvalue weighted by Crippen LogP contribution is -2.55. The molecule has 10 nitrogen and oxygen atoms in total.